The molecule has 0 atom stereocenters. The number of rotatable bonds is 3. The molecule has 21 heavy (non-hydrogen) atoms. The van der Waals surface area contributed by atoms with E-state index < -0.39 is 0 Å². The van der Waals surface area contributed by atoms with Crippen molar-refractivity contribution in [2.24, 2.45) is 0 Å². The minimum Gasteiger partial charge on any atom is -0.255 e. The van der Waals surface area contributed by atoms with E-state index in [0.717, 1.165) is 22.5 Å². The number of aryl methyl sites for hydroxylation is 1. The molecule has 102 valence electrons. The number of nitrogens with zero attached hydrogens (tertiary/aromatic N) is 5. The van der Waals surface area contributed by atoms with Crippen LogP contribution in [-0.2, 0) is 6.54 Å². The average Bonchev–Trinajstić information content (AvgIpc) is 2.93. The summed E-state index contributed by atoms with van der Waals surface area (Å²) in [6.07, 6.45) is 3.50. The lowest BCUT2D eigenvalue weighted by molar-refractivity contribution is 0.649. The Morgan fingerprint density at radius 2 is 1.95 bits per heavy atom. The molecule has 0 radical (unpaired) electrons. The zero-order chi connectivity index (χ0) is 14.7. The van der Waals surface area contributed by atoms with E-state index in [0.29, 0.717) is 12.1 Å². The normalized spacial score (nSPS) is 10.3. The molecule has 0 aliphatic heterocycles. The molecule has 0 aliphatic rings. The first-order valence-electron chi connectivity index (χ1n) is 6.57. The molecular weight excluding hydrogens is 262 g/mol. The van der Waals surface area contributed by atoms with Crippen molar-refractivity contribution >= 4 is 0 Å². The van der Waals surface area contributed by atoms with Crippen LogP contribution in [0.25, 0.3) is 11.3 Å². The minimum atomic E-state index is 0.567. The molecule has 5 nitrogen and oxygen atoms in total. The van der Waals surface area contributed by atoms with E-state index >= 15 is 0 Å². The van der Waals surface area contributed by atoms with Crippen LogP contribution >= 0.6 is 0 Å². The van der Waals surface area contributed by atoms with Crippen LogP contribution in [0.5, 0.6) is 0 Å². The van der Waals surface area contributed by atoms with Crippen LogP contribution < -0.4 is 0 Å². The van der Waals surface area contributed by atoms with Crippen molar-refractivity contribution in [3.63, 3.8) is 0 Å². The topological polar surface area (TPSA) is 67.4 Å². The van der Waals surface area contributed by atoms with Crippen molar-refractivity contribution in [3.05, 3.63) is 65.6 Å². The lowest BCUT2D eigenvalue weighted by Gasteiger charge is -2.04. The fourth-order valence-corrected chi connectivity index (χ4v) is 2.07. The van der Waals surface area contributed by atoms with E-state index in [9.17, 15) is 0 Å². The van der Waals surface area contributed by atoms with Crippen molar-refractivity contribution in [2.45, 2.75) is 13.5 Å². The van der Waals surface area contributed by atoms with Crippen LogP contribution in [0.3, 0.4) is 0 Å². The molecule has 0 bridgehead atoms. The summed E-state index contributed by atoms with van der Waals surface area (Å²) in [7, 11) is 0. The van der Waals surface area contributed by atoms with Gasteiger partial charge in [-0.25, -0.2) is 4.68 Å². The maximum atomic E-state index is 8.77. The van der Waals surface area contributed by atoms with Gasteiger partial charge in [-0.3, -0.25) is 4.98 Å². The maximum absolute atomic E-state index is 8.77. The summed E-state index contributed by atoms with van der Waals surface area (Å²) < 4.78 is 1.81. The van der Waals surface area contributed by atoms with Crippen LogP contribution in [0.1, 0.15) is 16.8 Å². The van der Waals surface area contributed by atoms with E-state index in [2.05, 4.69) is 21.4 Å². The molecule has 5 heteroatoms. The van der Waals surface area contributed by atoms with Gasteiger partial charge in [-0.05, 0) is 24.6 Å². The first-order chi connectivity index (χ1) is 10.2. The molecule has 0 fully saturated rings. The smallest absolute Gasteiger partial charge is 0.101 e. The van der Waals surface area contributed by atoms with Gasteiger partial charge in [-0.2, -0.15) is 5.26 Å². The molecule has 3 aromatic rings. The van der Waals surface area contributed by atoms with Crippen molar-refractivity contribution in [1.29, 1.82) is 5.26 Å². The van der Waals surface area contributed by atoms with Gasteiger partial charge >= 0.3 is 0 Å². The standard InChI is InChI=1S/C16H13N5/c1-12-10-21(20-19-12)11-13-2-5-15(6-3-13)16-7-4-14(8-17)9-18-16/h2-7,9-10H,11H2,1H3. The highest BCUT2D eigenvalue weighted by Gasteiger charge is 2.02. The SMILES string of the molecule is Cc1cn(Cc2ccc(-c3ccc(C#N)cn3)cc2)nn1. The molecule has 0 aliphatic carbocycles. The van der Waals surface area contributed by atoms with Gasteiger partial charge in [0.1, 0.15) is 6.07 Å². The fourth-order valence-electron chi connectivity index (χ4n) is 2.07. The van der Waals surface area contributed by atoms with Crippen LogP contribution in [-0.4, -0.2) is 20.0 Å². The van der Waals surface area contributed by atoms with Crippen molar-refractivity contribution in [2.75, 3.05) is 0 Å². The monoisotopic (exact) mass is 275 g/mol. The van der Waals surface area contributed by atoms with Gasteiger partial charge in [0.15, 0.2) is 0 Å². The van der Waals surface area contributed by atoms with Gasteiger partial charge in [-0.1, -0.05) is 29.5 Å². The highest BCUT2D eigenvalue weighted by Crippen LogP contribution is 2.18. The molecule has 0 saturated heterocycles. The Hall–Kier alpha value is -3.00. The Labute approximate surface area is 122 Å². The van der Waals surface area contributed by atoms with E-state index in [1.165, 1.54) is 0 Å². The van der Waals surface area contributed by atoms with Gasteiger partial charge in [0.25, 0.3) is 0 Å². The summed E-state index contributed by atoms with van der Waals surface area (Å²) in [4.78, 5) is 4.29. The van der Waals surface area contributed by atoms with Crippen LogP contribution in [0.15, 0.2) is 48.8 Å². The zero-order valence-corrected chi connectivity index (χ0v) is 11.6. The van der Waals surface area contributed by atoms with E-state index in [4.69, 9.17) is 5.26 Å². The second-order valence-electron chi connectivity index (χ2n) is 4.80. The number of pyridine rings is 1. The number of hydrogen-bond donors (Lipinski definition) is 0. The average molecular weight is 275 g/mol. The van der Waals surface area contributed by atoms with E-state index in [1.807, 2.05) is 48.1 Å². The molecule has 0 N–H and O–H groups in total. The molecule has 1 aromatic carbocycles. The molecular formula is C16H13N5. The molecule has 0 saturated carbocycles. The molecule has 2 aromatic heterocycles. The third-order valence-electron chi connectivity index (χ3n) is 3.14. The van der Waals surface area contributed by atoms with Crippen molar-refractivity contribution in [3.8, 4) is 17.3 Å². The van der Waals surface area contributed by atoms with E-state index in [1.54, 1.807) is 12.3 Å². The third-order valence-corrected chi connectivity index (χ3v) is 3.14. The van der Waals surface area contributed by atoms with Crippen molar-refractivity contribution in [1.82, 2.24) is 20.0 Å². The van der Waals surface area contributed by atoms with Gasteiger partial charge < -0.3 is 0 Å². The fraction of sp³-hybridized carbons (Fsp3) is 0.125. The summed E-state index contributed by atoms with van der Waals surface area (Å²) in [5, 5.41) is 16.8. The Morgan fingerprint density at radius 3 is 2.52 bits per heavy atom. The molecule has 0 unspecified atom stereocenters. The van der Waals surface area contributed by atoms with Crippen LogP contribution in [0.4, 0.5) is 0 Å². The summed E-state index contributed by atoms with van der Waals surface area (Å²) >= 11 is 0. The van der Waals surface area contributed by atoms with Gasteiger partial charge in [0, 0.05) is 18.0 Å². The van der Waals surface area contributed by atoms with Gasteiger partial charge in [-0.15, -0.1) is 5.10 Å². The largest absolute Gasteiger partial charge is 0.255 e. The highest BCUT2D eigenvalue weighted by atomic mass is 15.4. The van der Waals surface area contributed by atoms with Gasteiger partial charge in [0.05, 0.1) is 23.5 Å². The number of hydrogen-bond acceptors (Lipinski definition) is 4. The Kier molecular flexibility index (Phi) is 3.44. The second-order valence-corrected chi connectivity index (χ2v) is 4.80. The lowest BCUT2D eigenvalue weighted by atomic mass is 10.1. The summed E-state index contributed by atoms with van der Waals surface area (Å²) in [5.41, 5.74) is 4.51. The second kappa shape index (κ2) is 5.55. The summed E-state index contributed by atoms with van der Waals surface area (Å²) in [6, 6.07) is 13.8. The number of nitriles is 1. The van der Waals surface area contributed by atoms with Crippen LogP contribution in [0.2, 0.25) is 0 Å². The Balaban J connectivity index is 1.78. The molecule has 3 rings (SSSR count). The molecule has 0 amide bonds. The summed E-state index contributed by atoms with van der Waals surface area (Å²) in [6.45, 7) is 2.62. The van der Waals surface area contributed by atoms with E-state index in [-0.39, 0.29) is 0 Å². The predicted octanol–water partition coefficient (Wildman–Crippen LogP) is 2.57. The van der Waals surface area contributed by atoms with Gasteiger partial charge in [0.2, 0.25) is 0 Å². The quantitative estimate of drug-likeness (QED) is 0.736. The first-order valence-corrected chi connectivity index (χ1v) is 6.57. The number of aromatic nitrogens is 4. The minimum absolute atomic E-state index is 0.567. The Bertz CT molecular complexity index is 779. The number of benzene rings is 1. The Morgan fingerprint density at radius 1 is 1.14 bits per heavy atom. The van der Waals surface area contributed by atoms with Crippen LogP contribution in [0, 0.1) is 18.3 Å². The molecule has 0 spiro atoms. The summed E-state index contributed by atoms with van der Waals surface area (Å²) in [5.74, 6) is 0. The lowest BCUT2D eigenvalue weighted by Crippen LogP contribution is -2.00. The first kappa shape index (κ1) is 13.0. The third kappa shape index (κ3) is 2.95. The maximum Gasteiger partial charge on any atom is 0.101 e. The zero-order valence-electron chi connectivity index (χ0n) is 11.6. The highest BCUT2D eigenvalue weighted by molar-refractivity contribution is 5.59. The van der Waals surface area contributed by atoms with Crippen molar-refractivity contribution < 1.29 is 0 Å². The molecule has 2 heterocycles. The predicted molar refractivity (Wildman–Crippen MR) is 78.2 cm³/mol.